The van der Waals surface area contributed by atoms with Gasteiger partial charge in [0, 0.05) is 32.7 Å². The minimum atomic E-state index is -0.681. The first kappa shape index (κ1) is 15.7. The van der Waals surface area contributed by atoms with Crippen LogP contribution in [0.15, 0.2) is 18.2 Å². The molecule has 1 heterocycles. The lowest BCUT2D eigenvalue weighted by molar-refractivity contribution is 0.0614. The van der Waals surface area contributed by atoms with Gasteiger partial charge in [-0.15, -0.1) is 0 Å². The molecular formula is C15H22FN3O2. The molecule has 0 aromatic heterocycles. The second-order valence-electron chi connectivity index (χ2n) is 5.57. The maximum atomic E-state index is 13.7. The zero-order chi connectivity index (χ0) is 15.4. The van der Waals surface area contributed by atoms with Gasteiger partial charge in [0.25, 0.3) is 5.91 Å². The summed E-state index contributed by atoms with van der Waals surface area (Å²) in [6.07, 6.45) is 0. The molecule has 0 radical (unpaired) electrons. The molecule has 116 valence electrons. The molecular weight excluding hydrogens is 273 g/mol. The Morgan fingerprint density at radius 3 is 2.62 bits per heavy atom. The van der Waals surface area contributed by atoms with Crippen LogP contribution in [-0.2, 0) is 0 Å². The summed E-state index contributed by atoms with van der Waals surface area (Å²) in [4.78, 5) is 16.2. The lowest BCUT2D eigenvalue weighted by Crippen LogP contribution is -2.50. The summed E-state index contributed by atoms with van der Waals surface area (Å²) in [5.74, 6) is -1.02. The third kappa shape index (κ3) is 3.71. The number of halogens is 1. The first-order valence-corrected chi connectivity index (χ1v) is 7.22. The van der Waals surface area contributed by atoms with Crippen molar-refractivity contribution in [3.05, 3.63) is 29.6 Å². The van der Waals surface area contributed by atoms with Crippen molar-refractivity contribution in [1.82, 2.24) is 9.80 Å². The zero-order valence-electron chi connectivity index (χ0n) is 12.3. The standard InChI is InChI=1S/C15H22FN3O2/c1-11(9-17)10-18-5-7-19(8-6-18)15(21)14-12(16)3-2-4-13(14)20/h2-4,11,20H,5-10,17H2,1H3. The normalized spacial score (nSPS) is 17.8. The number of nitrogens with two attached hydrogens (primary N) is 1. The van der Waals surface area contributed by atoms with E-state index in [0.717, 1.165) is 19.6 Å². The van der Waals surface area contributed by atoms with E-state index in [0.29, 0.717) is 25.6 Å². The van der Waals surface area contributed by atoms with Crippen LogP contribution >= 0.6 is 0 Å². The van der Waals surface area contributed by atoms with Crippen LogP contribution < -0.4 is 5.73 Å². The topological polar surface area (TPSA) is 69.8 Å². The summed E-state index contributed by atoms with van der Waals surface area (Å²) in [6.45, 7) is 6.19. The third-order valence-corrected chi connectivity index (χ3v) is 3.84. The summed E-state index contributed by atoms with van der Waals surface area (Å²) in [6, 6.07) is 3.90. The van der Waals surface area contributed by atoms with Crippen LogP contribution in [0.4, 0.5) is 4.39 Å². The van der Waals surface area contributed by atoms with E-state index < -0.39 is 11.7 Å². The number of carbonyl (C=O) groups excluding carboxylic acids is 1. The fourth-order valence-electron chi connectivity index (χ4n) is 2.53. The fourth-order valence-corrected chi connectivity index (χ4v) is 2.53. The van der Waals surface area contributed by atoms with Crippen molar-refractivity contribution < 1.29 is 14.3 Å². The quantitative estimate of drug-likeness (QED) is 0.865. The molecule has 21 heavy (non-hydrogen) atoms. The highest BCUT2D eigenvalue weighted by atomic mass is 19.1. The van der Waals surface area contributed by atoms with Gasteiger partial charge >= 0.3 is 0 Å². The first-order chi connectivity index (χ1) is 10.0. The molecule has 6 heteroatoms. The predicted octanol–water partition coefficient (Wildman–Crippen LogP) is 0.884. The van der Waals surface area contributed by atoms with E-state index in [-0.39, 0.29) is 11.3 Å². The van der Waals surface area contributed by atoms with Gasteiger partial charge in [0.2, 0.25) is 0 Å². The minimum Gasteiger partial charge on any atom is -0.507 e. The van der Waals surface area contributed by atoms with Crippen molar-refractivity contribution in [3.63, 3.8) is 0 Å². The van der Waals surface area contributed by atoms with E-state index in [9.17, 15) is 14.3 Å². The molecule has 0 saturated carbocycles. The summed E-state index contributed by atoms with van der Waals surface area (Å²) in [5.41, 5.74) is 5.38. The highest BCUT2D eigenvalue weighted by Gasteiger charge is 2.26. The number of phenols is 1. The molecule has 0 spiro atoms. The molecule has 1 aliphatic rings. The maximum Gasteiger partial charge on any atom is 0.260 e. The number of benzene rings is 1. The van der Waals surface area contributed by atoms with Crippen molar-refractivity contribution in [2.75, 3.05) is 39.3 Å². The van der Waals surface area contributed by atoms with Crippen molar-refractivity contribution in [2.45, 2.75) is 6.92 Å². The zero-order valence-corrected chi connectivity index (χ0v) is 12.3. The van der Waals surface area contributed by atoms with Crippen LogP contribution in [0.5, 0.6) is 5.75 Å². The van der Waals surface area contributed by atoms with E-state index in [2.05, 4.69) is 11.8 Å². The number of hydrogen-bond acceptors (Lipinski definition) is 4. The Hall–Kier alpha value is -1.66. The first-order valence-electron chi connectivity index (χ1n) is 7.22. The van der Waals surface area contributed by atoms with Crippen molar-refractivity contribution in [2.24, 2.45) is 11.7 Å². The number of piperazine rings is 1. The second kappa shape index (κ2) is 6.87. The summed E-state index contributed by atoms with van der Waals surface area (Å²) in [7, 11) is 0. The van der Waals surface area contributed by atoms with Crippen LogP contribution in [-0.4, -0.2) is 60.1 Å². The number of aromatic hydroxyl groups is 1. The Bertz CT molecular complexity index is 481. The SMILES string of the molecule is CC(CN)CN1CCN(C(=O)c2c(O)cccc2F)CC1. The smallest absolute Gasteiger partial charge is 0.260 e. The Labute approximate surface area is 124 Å². The molecule has 1 aliphatic heterocycles. The molecule has 1 aromatic rings. The van der Waals surface area contributed by atoms with Gasteiger partial charge < -0.3 is 15.7 Å². The third-order valence-electron chi connectivity index (χ3n) is 3.84. The summed E-state index contributed by atoms with van der Waals surface area (Å²) in [5, 5.41) is 9.68. The van der Waals surface area contributed by atoms with Gasteiger partial charge in [-0.3, -0.25) is 9.69 Å². The number of nitrogens with zero attached hydrogens (tertiary/aromatic N) is 2. The lowest BCUT2D eigenvalue weighted by atomic mass is 10.1. The Morgan fingerprint density at radius 2 is 2.05 bits per heavy atom. The summed E-state index contributed by atoms with van der Waals surface area (Å²) < 4.78 is 13.7. The van der Waals surface area contributed by atoms with Gasteiger partial charge in [-0.1, -0.05) is 13.0 Å². The van der Waals surface area contributed by atoms with E-state index in [1.165, 1.54) is 18.2 Å². The van der Waals surface area contributed by atoms with E-state index in [1.807, 2.05) is 0 Å². The second-order valence-corrected chi connectivity index (χ2v) is 5.57. The van der Waals surface area contributed by atoms with Crippen LogP contribution in [0.1, 0.15) is 17.3 Å². The molecule has 1 unspecified atom stereocenters. The highest BCUT2D eigenvalue weighted by Crippen LogP contribution is 2.22. The average Bonchev–Trinajstić information content (AvgIpc) is 2.47. The number of phenolic OH excluding ortho intramolecular Hbond substituents is 1. The number of rotatable bonds is 4. The maximum absolute atomic E-state index is 13.7. The van der Waals surface area contributed by atoms with Gasteiger partial charge in [0.15, 0.2) is 0 Å². The molecule has 0 bridgehead atoms. The van der Waals surface area contributed by atoms with Gasteiger partial charge in [-0.25, -0.2) is 4.39 Å². The number of amides is 1. The lowest BCUT2D eigenvalue weighted by Gasteiger charge is -2.36. The highest BCUT2D eigenvalue weighted by molar-refractivity contribution is 5.97. The molecule has 0 aliphatic carbocycles. The van der Waals surface area contributed by atoms with E-state index in [4.69, 9.17) is 5.73 Å². The van der Waals surface area contributed by atoms with Crippen molar-refractivity contribution in [3.8, 4) is 5.75 Å². The van der Waals surface area contributed by atoms with Gasteiger partial charge in [0.05, 0.1) is 0 Å². The van der Waals surface area contributed by atoms with Crippen molar-refractivity contribution in [1.29, 1.82) is 0 Å². The molecule has 1 fully saturated rings. The van der Waals surface area contributed by atoms with E-state index >= 15 is 0 Å². The number of hydrogen-bond donors (Lipinski definition) is 2. The van der Waals surface area contributed by atoms with Gasteiger partial charge in [0.1, 0.15) is 17.1 Å². The molecule has 2 rings (SSSR count). The van der Waals surface area contributed by atoms with Gasteiger partial charge in [-0.05, 0) is 24.6 Å². The predicted molar refractivity (Wildman–Crippen MR) is 78.6 cm³/mol. The van der Waals surface area contributed by atoms with E-state index in [1.54, 1.807) is 4.90 Å². The Kier molecular flexibility index (Phi) is 5.14. The molecule has 1 aromatic carbocycles. The minimum absolute atomic E-state index is 0.235. The largest absolute Gasteiger partial charge is 0.507 e. The molecule has 3 N–H and O–H groups in total. The van der Waals surface area contributed by atoms with Crippen molar-refractivity contribution >= 4 is 5.91 Å². The van der Waals surface area contributed by atoms with Crippen LogP contribution in [0.25, 0.3) is 0 Å². The van der Waals surface area contributed by atoms with Crippen LogP contribution in [0, 0.1) is 11.7 Å². The Balaban J connectivity index is 1.97. The Morgan fingerprint density at radius 1 is 1.38 bits per heavy atom. The summed E-state index contributed by atoms with van der Waals surface area (Å²) >= 11 is 0. The molecule has 1 saturated heterocycles. The molecule has 1 amide bonds. The molecule has 5 nitrogen and oxygen atoms in total. The van der Waals surface area contributed by atoms with Crippen LogP contribution in [0.3, 0.4) is 0 Å². The fraction of sp³-hybridized carbons (Fsp3) is 0.533. The van der Waals surface area contributed by atoms with Gasteiger partial charge in [-0.2, -0.15) is 0 Å². The average molecular weight is 295 g/mol. The monoisotopic (exact) mass is 295 g/mol. The van der Waals surface area contributed by atoms with Crippen LogP contribution in [0.2, 0.25) is 0 Å². The molecule has 1 atom stereocenters. The number of carbonyl (C=O) groups is 1.